The molecule has 5 heavy (non-hydrogen) atoms. The summed E-state index contributed by atoms with van der Waals surface area (Å²) in [6.07, 6.45) is 0. The van der Waals surface area contributed by atoms with E-state index in [1.807, 2.05) is 0 Å². The minimum absolute atomic E-state index is 0. The molecule has 0 aromatic carbocycles. The first-order chi connectivity index (χ1) is 0. The first-order valence-corrected chi connectivity index (χ1v) is 0. The van der Waals surface area contributed by atoms with Crippen molar-refractivity contribution in [3.8, 4) is 0 Å². The van der Waals surface area contributed by atoms with Gasteiger partial charge in [-0.25, -0.2) is 0 Å². The molecule has 0 unspecified atom stereocenters. The summed E-state index contributed by atoms with van der Waals surface area (Å²) in [5.41, 5.74) is 0. The molecule has 0 aliphatic carbocycles. The average Bonchev–Trinajstić information content (AvgIpc) is 0. The van der Waals surface area contributed by atoms with E-state index < -0.39 is 0 Å². The van der Waals surface area contributed by atoms with E-state index in [1.54, 1.807) is 0 Å². The zero-order valence-electron chi connectivity index (χ0n) is 2.17. The van der Waals surface area contributed by atoms with E-state index in [-0.39, 0.29) is 74.5 Å². The molecule has 0 saturated heterocycles. The minimum Gasteiger partial charge on any atom is -2.00 e. The van der Waals surface area contributed by atoms with Crippen molar-refractivity contribution in [3.05, 3.63) is 0 Å². The summed E-state index contributed by atoms with van der Waals surface area (Å²) in [4.78, 5) is 0. The fourth-order valence-corrected chi connectivity index (χ4v) is 0. The van der Waals surface area contributed by atoms with Crippen molar-refractivity contribution in [1.82, 2.24) is 0 Å². The fraction of sp³-hybridized carbons (Fsp3) is 0. The van der Waals surface area contributed by atoms with Crippen LogP contribution in [0, 0.1) is 0 Å². The Bertz CT molecular complexity index is 9.61. The van der Waals surface area contributed by atoms with Gasteiger partial charge in [-0.3, -0.25) is 0 Å². The molecule has 2 nitrogen and oxygen atoms in total. The van der Waals surface area contributed by atoms with Gasteiger partial charge in [0, 0.05) is 39.6 Å². The van der Waals surface area contributed by atoms with Crippen LogP contribution in [-0.4, -0.2) is 23.9 Å². The van der Waals surface area contributed by atoms with Crippen molar-refractivity contribution in [2.75, 3.05) is 0 Å². The first-order valence-electron chi connectivity index (χ1n) is 0. The Morgan fingerprint density at radius 3 is 0.800 bits per heavy atom. The maximum absolute atomic E-state index is 0. The molecular weight excluding hydrogens is 385 g/mol. The molecule has 0 heterocycles. The van der Waals surface area contributed by atoms with Gasteiger partial charge >= 0.3 is 23.9 Å². The van der Waals surface area contributed by atoms with Crippen LogP contribution in [0.2, 0.25) is 0 Å². The molecule has 5 heteroatoms. The van der Waals surface area contributed by atoms with E-state index in [9.17, 15) is 0 Å². The van der Waals surface area contributed by atoms with Crippen LogP contribution >= 0.6 is 0 Å². The molecule has 0 aromatic rings. The molecule has 0 atom stereocenters. The molecule has 1 radical (unpaired) electrons. The summed E-state index contributed by atoms with van der Waals surface area (Å²) >= 11 is 0. The molecular formula is O2SnVW. The second-order valence-electron chi connectivity index (χ2n) is 0. The van der Waals surface area contributed by atoms with Gasteiger partial charge < -0.3 is 11.0 Å². The summed E-state index contributed by atoms with van der Waals surface area (Å²) in [7, 11) is 0. The topological polar surface area (TPSA) is 57.0 Å². The summed E-state index contributed by atoms with van der Waals surface area (Å²) in [6.45, 7) is 0. The van der Waals surface area contributed by atoms with Crippen LogP contribution in [-0.2, 0) is 50.6 Å². The Kier molecular flexibility index (Phi) is 476. The molecule has 0 aliphatic heterocycles. The predicted molar refractivity (Wildman–Crippen MR) is 7.13 cm³/mol. The van der Waals surface area contributed by atoms with Crippen molar-refractivity contribution >= 4 is 23.9 Å². The molecule has 0 aliphatic rings. The van der Waals surface area contributed by atoms with Gasteiger partial charge in [-0.2, -0.15) is 0 Å². The van der Waals surface area contributed by atoms with Crippen molar-refractivity contribution in [2.24, 2.45) is 0 Å². The largest absolute Gasteiger partial charge is 4.00 e. The SMILES string of the molecule is [O-2].[O-2].[Sn+4].[V].[W]. The quantitative estimate of drug-likeness (QED) is 0.499. The van der Waals surface area contributed by atoms with Crippen LogP contribution in [0.3, 0.4) is 0 Å². The normalized spacial score (nSPS) is 0. The maximum Gasteiger partial charge on any atom is 4.00 e. The molecule has 0 bridgehead atoms. The molecule has 27 valence electrons. The maximum atomic E-state index is 0. The molecule has 0 amide bonds. The van der Waals surface area contributed by atoms with Gasteiger partial charge in [-0.15, -0.1) is 0 Å². The first kappa shape index (κ1) is 63.3. The third-order valence-electron chi connectivity index (χ3n) is 0. The van der Waals surface area contributed by atoms with Crippen molar-refractivity contribution < 1.29 is 50.6 Å². The van der Waals surface area contributed by atoms with Gasteiger partial charge in [-0.1, -0.05) is 0 Å². The van der Waals surface area contributed by atoms with E-state index in [1.165, 1.54) is 0 Å². The third kappa shape index (κ3) is 24.1. The predicted octanol–water partition coefficient (Wildman–Crippen LogP) is -0.623. The summed E-state index contributed by atoms with van der Waals surface area (Å²) < 4.78 is 0. The monoisotopic (exact) mass is 387 g/mol. The Morgan fingerprint density at radius 2 is 0.800 bits per heavy atom. The summed E-state index contributed by atoms with van der Waals surface area (Å²) in [6, 6.07) is 0. The summed E-state index contributed by atoms with van der Waals surface area (Å²) in [5.74, 6) is 0. The van der Waals surface area contributed by atoms with Gasteiger partial charge in [0.15, 0.2) is 0 Å². The average molecular weight is 385 g/mol. The Hall–Kier alpha value is 1.99. The fourth-order valence-electron chi connectivity index (χ4n) is 0. The molecule has 0 rings (SSSR count). The zero-order valence-corrected chi connectivity index (χ0v) is 9.36. The van der Waals surface area contributed by atoms with E-state index in [4.69, 9.17) is 0 Å². The summed E-state index contributed by atoms with van der Waals surface area (Å²) in [5, 5.41) is 0. The second-order valence-corrected chi connectivity index (χ2v) is 0. The molecule has 0 spiro atoms. The molecule has 0 saturated carbocycles. The van der Waals surface area contributed by atoms with Crippen LogP contribution in [0.1, 0.15) is 0 Å². The van der Waals surface area contributed by atoms with Crippen molar-refractivity contribution in [2.45, 2.75) is 0 Å². The van der Waals surface area contributed by atoms with Crippen LogP contribution < -0.4 is 0 Å². The third-order valence-corrected chi connectivity index (χ3v) is 0. The molecule has 0 N–H and O–H groups in total. The van der Waals surface area contributed by atoms with Gasteiger partial charge in [0.2, 0.25) is 0 Å². The standard InChI is InChI=1S/2O.Sn.V.W/q2*-2;+4;;. The number of rotatable bonds is 0. The minimum atomic E-state index is 0. The zero-order chi connectivity index (χ0) is 0. The van der Waals surface area contributed by atoms with E-state index >= 15 is 0 Å². The number of hydrogen-bond acceptors (Lipinski definition) is 0. The van der Waals surface area contributed by atoms with Crippen molar-refractivity contribution in [1.29, 1.82) is 0 Å². The van der Waals surface area contributed by atoms with Crippen LogP contribution in [0.4, 0.5) is 0 Å². The number of hydrogen-bond donors (Lipinski definition) is 0. The van der Waals surface area contributed by atoms with E-state index in [0.717, 1.165) is 0 Å². The Balaban J connectivity index is 0. The second kappa shape index (κ2) is 37.6. The molecule has 0 fully saturated rings. The van der Waals surface area contributed by atoms with Crippen LogP contribution in [0.15, 0.2) is 0 Å². The van der Waals surface area contributed by atoms with Gasteiger partial charge in [-0.05, 0) is 0 Å². The van der Waals surface area contributed by atoms with E-state index in [2.05, 4.69) is 0 Å². The van der Waals surface area contributed by atoms with Crippen LogP contribution in [0.5, 0.6) is 0 Å². The van der Waals surface area contributed by atoms with Crippen LogP contribution in [0.25, 0.3) is 0 Å². The molecule has 0 aromatic heterocycles. The van der Waals surface area contributed by atoms with Gasteiger partial charge in [0.25, 0.3) is 0 Å². The van der Waals surface area contributed by atoms with Gasteiger partial charge in [0.05, 0.1) is 0 Å². The van der Waals surface area contributed by atoms with Crippen molar-refractivity contribution in [3.63, 3.8) is 0 Å². The smallest absolute Gasteiger partial charge is 2.00 e. The van der Waals surface area contributed by atoms with Gasteiger partial charge in [0.1, 0.15) is 0 Å². The van der Waals surface area contributed by atoms with E-state index in [0.29, 0.717) is 0 Å². The Labute approximate surface area is 73.8 Å². The Morgan fingerprint density at radius 1 is 0.800 bits per heavy atom.